The smallest absolute Gasteiger partial charge is 0.210 e. The van der Waals surface area contributed by atoms with E-state index in [1.165, 1.54) is 12.1 Å². The monoisotopic (exact) mass is 257 g/mol. The number of hydrogen-bond donors (Lipinski definition) is 0. The van der Waals surface area contributed by atoms with Crippen molar-refractivity contribution in [1.82, 2.24) is 4.90 Å². The van der Waals surface area contributed by atoms with Gasteiger partial charge in [-0.05, 0) is 35.7 Å². The molecule has 0 aliphatic heterocycles. The highest BCUT2D eigenvalue weighted by Crippen LogP contribution is 2.12. The van der Waals surface area contributed by atoms with Gasteiger partial charge in [-0.3, -0.25) is 4.79 Å². The molecule has 1 amide bonds. The van der Waals surface area contributed by atoms with Crippen LogP contribution in [0.3, 0.4) is 0 Å². The van der Waals surface area contributed by atoms with E-state index in [-0.39, 0.29) is 5.82 Å². The fraction of sp³-hybridized carbons (Fsp3) is 0.188. The van der Waals surface area contributed by atoms with Crippen molar-refractivity contribution in [3.63, 3.8) is 0 Å². The van der Waals surface area contributed by atoms with Gasteiger partial charge in [0.15, 0.2) is 0 Å². The lowest BCUT2D eigenvalue weighted by Crippen LogP contribution is -2.21. The Labute approximate surface area is 112 Å². The molecule has 0 aliphatic carbocycles. The average molecular weight is 257 g/mol. The van der Waals surface area contributed by atoms with E-state index in [2.05, 4.69) is 0 Å². The lowest BCUT2D eigenvalue weighted by Gasteiger charge is -2.18. The quantitative estimate of drug-likeness (QED) is 0.753. The van der Waals surface area contributed by atoms with E-state index in [0.29, 0.717) is 13.1 Å². The predicted octanol–water partition coefficient (Wildman–Crippen LogP) is 3.29. The van der Waals surface area contributed by atoms with Crippen LogP contribution < -0.4 is 0 Å². The summed E-state index contributed by atoms with van der Waals surface area (Å²) in [6, 6.07) is 14.2. The third-order valence-corrected chi connectivity index (χ3v) is 3.08. The molecule has 0 fully saturated rings. The van der Waals surface area contributed by atoms with Crippen LogP contribution in [0.4, 0.5) is 4.39 Å². The summed E-state index contributed by atoms with van der Waals surface area (Å²) in [6.07, 6.45) is 0.829. The van der Waals surface area contributed by atoms with Gasteiger partial charge in [-0.1, -0.05) is 36.4 Å². The lowest BCUT2D eigenvalue weighted by atomic mass is 10.1. The Morgan fingerprint density at radius 2 is 1.74 bits per heavy atom. The van der Waals surface area contributed by atoms with Gasteiger partial charge in [0.05, 0.1) is 0 Å². The van der Waals surface area contributed by atoms with Gasteiger partial charge in [0.25, 0.3) is 0 Å². The van der Waals surface area contributed by atoms with Crippen molar-refractivity contribution in [3.8, 4) is 0 Å². The molecule has 0 unspecified atom stereocenters. The molecule has 2 rings (SSSR count). The standard InChI is InChI=1S/C16H16FNO/c1-13-4-2-3-5-15(13)11-18(12-19)10-14-6-8-16(17)9-7-14/h2-9,12H,10-11H2,1H3. The van der Waals surface area contributed by atoms with Crippen LogP contribution in [-0.4, -0.2) is 11.3 Å². The van der Waals surface area contributed by atoms with Crippen molar-refractivity contribution in [2.45, 2.75) is 20.0 Å². The molecule has 0 radical (unpaired) electrons. The molecule has 0 saturated heterocycles. The largest absolute Gasteiger partial charge is 0.337 e. The lowest BCUT2D eigenvalue weighted by molar-refractivity contribution is -0.119. The summed E-state index contributed by atoms with van der Waals surface area (Å²) in [5.74, 6) is -0.264. The first-order valence-corrected chi connectivity index (χ1v) is 6.17. The molecule has 2 nitrogen and oxygen atoms in total. The molecule has 3 heteroatoms. The molecule has 0 heterocycles. The molecule has 2 aromatic rings. The van der Waals surface area contributed by atoms with Crippen LogP contribution in [0.2, 0.25) is 0 Å². The van der Waals surface area contributed by atoms with E-state index in [0.717, 1.165) is 23.1 Å². The maximum Gasteiger partial charge on any atom is 0.210 e. The van der Waals surface area contributed by atoms with E-state index in [1.807, 2.05) is 31.2 Å². The summed E-state index contributed by atoms with van der Waals surface area (Å²) in [4.78, 5) is 12.8. The third kappa shape index (κ3) is 3.65. The number of aryl methyl sites for hydroxylation is 1. The van der Waals surface area contributed by atoms with E-state index >= 15 is 0 Å². The number of halogens is 1. The van der Waals surface area contributed by atoms with Gasteiger partial charge in [-0.2, -0.15) is 0 Å². The summed E-state index contributed by atoms with van der Waals surface area (Å²) >= 11 is 0. The molecule has 0 aromatic heterocycles. The summed E-state index contributed by atoms with van der Waals surface area (Å²) in [7, 11) is 0. The van der Waals surface area contributed by atoms with Crippen LogP contribution in [0.5, 0.6) is 0 Å². The van der Waals surface area contributed by atoms with Gasteiger partial charge in [0.1, 0.15) is 5.82 Å². The zero-order chi connectivity index (χ0) is 13.7. The molecule has 0 saturated carbocycles. The van der Waals surface area contributed by atoms with Crippen LogP contribution in [0.25, 0.3) is 0 Å². The predicted molar refractivity (Wildman–Crippen MR) is 72.9 cm³/mol. The Hall–Kier alpha value is -2.16. The number of amides is 1. The fourth-order valence-corrected chi connectivity index (χ4v) is 1.96. The number of carbonyl (C=O) groups excluding carboxylic acids is 1. The first-order chi connectivity index (χ1) is 9.19. The maximum atomic E-state index is 12.8. The Morgan fingerprint density at radius 3 is 2.37 bits per heavy atom. The van der Waals surface area contributed by atoms with E-state index in [4.69, 9.17) is 0 Å². The van der Waals surface area contributed by atoms with E-state index in [9.17, 15) is 9.18 Å². The Morgan fingerprint density at radius 1 is 1.05 bits per heavy atom. The van der Waals surface area contributed by atoms with Gasteiger partial charge in [-0.25, -0.2) is 4.39 Å². The molecule has 0 N–H and O–H groups in total. The van der Waals surface area contributed by atoms with Crippen LogP contribution >= 0.6 is 0 Å². The number of hydrogen-bond acceptors (Lipinski definition) is 1. The minimum absolute atomic E-state index is 0.264. The molecular formula is C16H16FNO. The highest BCUT2D eigenvalue weighted by atomic mass is 19.1. The van der Waals surface area contributed by atoms with Crippen LogP contribution in [-0.2, 0) is 17.9 Å². The second-order valence-electron chi connectivity index (χ2n) is 4.56. The van der Waals surface area contributed by atoms with Crippen molar-refractivity contribution in [2.24, 2.45) is 0 Å². The van der Waals surface area contributed by atoms with Crippen molar-refractivity contribution < 1.29 is 9.18 Å². The summed E-state index contributed by atoms with van der Waals surface area (Å²) in [6.45, 7) is 3.07. The van der Waals surface area contributed by atoms with Crippen molar-refractivity contribution in [3.05, 3.63) is 71.0 Å². The van der Waals surface area contributed by atoms with Gasteiger partial charge >= 0.3 is 0 Å². The molecule has 0 aliphatic rings. The highest BCUT2D eigenvalue weighted by molar-refractivity contribution is 5.48. The minimum Gasteiger partial charge on any atom is -0.337 e. The highest BCUT2D eigenvalue weighted by Gasteiger charge is 2.06. The fourth-order valence-electron chi connectivity index (χ4n) is 1.96. The molecule has 0 atom stereocenters. The van der Waals surface area contributed by atoms with Crippen LogP contribution in [0.15, 0.2) is 48.5 Å². The van der Waals surface area contributed by atoms with Crippen LogP contribution in [0, 0.1) is 12.7 Å². The Kier molecular flexibility index (Phi) is 4.29. The molecule has 2 aromatic carbocycles. The van der Waals surface area contributed by atoms with Gasteiger partial charge in [-0.15, -0.1) is 0 Å². The third-order valence-electron chi connectivity index (χ3n) is 3.08. The van der Waals surface area contributed by atoms with Crippen molar-refractivity contribution in [2.75, 3.05) is 0 Å². The molecule has 0 bridgehead atoms. The normalized spacial score (nSPS) is 10.2. The number of rotatable bonds is 5. The van der Waals surface area contributed by atoms with Gasteiger partial charge in [0.2, 0.25) is 6.41 Å². The molecule has 98 valence electrons. The Balaban J connectivity index is 2.07. The molecule has 0 spiro atoms. The SMILES string of the molecule is Cc1ccccc1CN(C=O)Cc1ccc(F)cc1. The minimum atomic E-state index is -0.264. The van der Waals surface area contributed by atoms with Gasteiger partial charge in [0, 0.05) is 13.1 Å². The van der Waals surface area contributed by atoms with E-state index in [1.54, 1.807) is 17.0 Å². The second kappa shape index (κ2) is 6.14. The summed E-state index contributed by atoms with van der Waals surface area (Å²) in [5.41, 5.74) is 3.20. The number of benzene rings is 2. The van der Waals surface area contributed by atoms with Crippen LogP contribution in [0.1, 0.15) is 16.7 Å². The van der Waals surface area contributed by atoms with E-state index < -0.39 is 0 Å². The summed E-state index contributed by atoms with van der Waals surface area (Å²) in [5, 5.41) is 0. The average Bonchev–Trinajstić information content (AvgIpc) is 2.43. The summed E-state index contributed by atoms with van der Waals surface area (Å²) < 4.78 is 12.8. The van der Waals surface area contributed by atoms with Gasteiger partial charge < -0.3 is 4.90 Å². The topological polar surface area (TPSA) is 20.3 Å². The Bertz CT molecular complexity index is 551. The number of nitrogens with zero attached hydrogens (tertiary/aromatic N) is 1. The first kappa shape index (κ1) is 13.3. The zero-order valence-corrected chi connectivity index (χ0v) is 10.8. The molecular weight excluding hydrogens is 241 g/mol. The maximum absolute atomic E-state index is 12.8. The van der Waals surface area contributed by atoms with Crippen molar-refractivity contribution >= 4 is 6.41 Å². The second-order valence-corrected chi connectivity index (χ2v) is 4.56. The number of carbonyl (C=O) groups is 1. The molecule has 19 heavy (non-hydrogen) atoms. The zero-order valence-electron chi connectivity index (χ0n) is 10.8. The first-order valence-electron chi connectivity index (χ1n) is 6.17. The van der Waals surface area contributed by atoms with Crippen molar-refractivity contribution in [1.29, 1.82) is 0 Å².